The molecule has 2 heterocycles. The van der Waals surface area contributed by atoms with Crippen molar-refractivity contribution in [3.05, 3.63) is 66.2 Å². The van der Waals surface area contributed by atoms with Crippen molar-refractivity contribution in [2.75, 3.05) is 20.1 Å². The maximum Gasteiger partial charge on any atom is 0.190 e. The summed E-state index contributed by atoms with van der Waals surface area (Å²) in [5, 5.41) is 15.2. The third-order valence-corrected chi connectivity index (χ3v) is 4.33. The average Bonchev–Trinajstić information content (AvgIpc) is 3.36. The molecular formula is C20H28IN7. The van der Waals surface area contributed by atoms with Gasteiger partial charge in [0.2, 0.25) is 0 Å². The number of aliphatic imine (C=N–C) groups is 1. The Hall–Kier alpha value is -2.36. The van der Waals surface area contributed by atoms with Gasteiger partial charge in [0.25, 0.3) is 0 Å². The van der Waals surface area contributed by atoms with Gasteiger partial charge in [0, 0.05) is 45.8 Å². The van der Waals surface area contributed by atoms with E-state index in [0.717, 1.165) is 44.0 Å². The lowest BCUT2D eigenvalue weighted by Gasteiger charge is -2.12. The molecule has 0 fully saturated rings. The summed E-state index contributed by atoms with van der Waals surface area (Å²) in [6, 6.07) is 10.4. The Labute approximate surface area is 183 Å². The van der Waals surface area contributed by atoms with Crippen LogP contribution in [0.3, 0.4) is 0 Å². The zero-order valence-electron chi connectivity index (χ0n) is 16.4. The third-order valence-electron chi connectivity index (χ3n) is 4.33. The Balaban J connectivity index is 0.00000280. The second-order valence-corrected chi connectivity index (χ2v) is 6.42. The normalized spacial score (nSPS) is 11.1. The fourth-order valence-corrected chi connectivity index (χ4v) is 2.88. The molecule has 28 heavy (non-hydrogen) atoms. The first kappa shape index (κ1) is 21.9. The van der Waals surface area contributed by atoms with Crippen LogP contribution in [-0.4, -0.2) is 45.7 Å². The highest BCUT2D eigenvalue weighted by molar-refractivity contribution is 14.0. The topological polar surface area (TPSA) is 72.1 Å². The molecule has 8 heteroatoms. The second kappa shape index (κ2) is 11.5. The number of rotatable bonds is 8. The number of nitrogens with one attached hydrogen (secondary N) is 2. The first-order valence-electron chi connectivity index (χ1n) is 9.25. The lowest BCUT2D eigenvalue weighted by atomic mass is 10.1. The van der Waals surface area contributed by atoms with Crippen LogP contribution < -0.4 is 10.6 Å². The van der Waals surface area contributed by atoms with Gasteiger partial charge in [-0.3, -0.25) is 9.67 Å². The van der Waals surface area contributed by atoms with Crippen molar-refractivity contribution >= 4 is 29.9 Å². The molecule has 0 aliphatic carbocycles. The molecule has 0 saturated carbocycles. The van der Waals surface area contributed by atoms with Crippen LogP contribution >= 0.6 is 24.0 Å². The average molecular weight is 493 g/mol. The van der Waals surface area contributed by atoms with Crippen LogP contribution in [0, 0.1) is 0 Å². The summed E-state index contributed by atoms with van der Waals surface area (Å²) in [4.78, 5) is 4.28. The van der Waals surface area contributed by atoms with E-state index in [1.165, 1.54) is 11.1 Å². The highest BCUT2D eigenvalue weighted by Crippen LogP contribution is 2.08. The number of nitrogens with zero attached hydrogens (tertiary/aromatic N) is 5. The van der Waals surface area contributed by atoms with E-state index < -0.39 is 0 Å². The minimum atomic E-state index is 0. The molecule has 0 unspecified atom stereocenters. The lowest BCUT2D eigenvalue weighted by Crippen LogP contribution is -2.38. The van der Waals surface area contributed by atoms with Crippen LogP contribution in [0.5, 0.6) is 0 Å². The van der Waals surface area contributed by atoms with E-state index in [0.29, 0.717) is 0 Å². The first-order chi connectivity index (χ1) is 13.2. The summed E-state index contributed by atoms with van der Waals surface area (Å²) in [6.07, 6.45) is 10.7. The van der Waals surface area contributed by atoms with E-state index in [1.54, 1.807) is 13.2 Å². The molecule has 0 radical (unpaired) electrons. The van der Waals surface area contributed by atoms with E-state index in [1.807, 2.05) is 34.9 Å². The molecule has 3 aromatic rings. The number of aryl methyl sites for hydroxylation is 2. The quantitative estimate of drug-likeness (QED) is 0.219. The number of aromatic nitrogens is 4. The van der Waals surface area contributed by atoms with Gasteiger partial charge in [0.1, 0.15) is 0 Å². The Bertz CT molecular complexity index is 838. The summed E-state index contributed by atoms with van der Waals surface area (Å²) >= 11 is 0. The molecule has 1 aromatic carbocycles. The zero-order chi connectivity index (χ0) is 18.9. The van der Waals surface area contributed by atoms with E-state index >= 15 is 0 Å². The predicted molar refractivity (Wildman–Crippen MR) is 124 cm³/mol. The van der Waals surface area contributed by atoms with Gasteiger partial charge in [0.05, 0.1) is 11.9 Å². The van der Waals surface area contributed by atoms with Gasteiger partial charge in [-0.15, -0.1) is 24.0 Å². The lowest BCUT2D eigenvalue weighted by molar-refractivity contribution is 0.736. The van der Waals surface area contributed by atoms with Gasteiger partial charge in [-0.25, -0.2) is 4.68 Å². The van der Waals surface area contributed by atoms with Crippen LogP contribution in [0.2, 0.25) is 0 Å². The Morgan fingerprint density at radius 2 is 1.82 bits per heavy atom. The molecule has 150 valence electrons. The molecule has 0 aliphatic rings. The molecule has 0 spiro atoms. The molecule has 3 rings (SSSR count). The smallest absolute Gasteiger partial charge is 0.190 e. The Morgan fingerprint density at radius 3 is 2.46 bits per heavy atom. The number of hydrogen-bond acceptors (Lipinski definition) is 3. The molecule has 7 nitrogen and oxygen atoms in total. The first-order valence-corrected chi connectivity index (χ1v) is 9.25. The fraction of sp³-hybridized carbons (Fsp3) is 0.350. The van der Waals surface area contributed by atoms with Crippen molar-refractivity contribution in [2.24, 2.45) is 12.0 Å². The van der Waals surface area contributed by atoms with Gasteiger partial charge in [-0.2, -0.15) is 10.2 Å². The number of benzene rings is 1. The molecule has 0 saturated heterocycles. The third kappa shape index (κ3) is 6.66. The summed E-state index contributed by atoms with van der Waals surface area (Å²) < 4.78 is 3.70. The highest BCUT2D eigenvalue weighted by atomic mass is 127. The largest absolute Gasteiger partial charge is 0.356 e. The molecule has 0 amide bonds. The number of hydrogen-bond donors (Lipinski definition) is 2. The van der Waals surface area contributed by atoms with E-state index in [-0.39, 0.29) is 24.0 Å². The van der Waals surface area contributed by atoms with Crippen molar-refractivity contribution < 1.29 is 0 Å². The maximum atomic E-state index is 4.28. The van der Waals surface area contributed by atoms with Gasteiger partial charge in [-0.05, 0) is 48.6 Å². The van der Waals surface area contributed by atoms with Gasteiger partial charge in [-0.1, -0.05) is 12.1 Å². The summed E-state index contributed by atoms with van der Waals surface area (Å²) in [6.45, 7) is 1.72. The maximum absolute atomic E-state index is 4.28. The molecule has 0 atom stereocenters. The van der Waals surface area contributed by atoms with Crippen LogP contribution in [-0.2, 0) is 19.9 Å². The van der Waals surface area contributed by atoms with Crippen LogP contribution in [0.4, 0.5) is 0 Å². The monoisotopic (exact) mass is 493 g/mol. The SMILES string of the molecule is CN=C(NCCCc1cnn(C)c1)NCCc1ccc(-n2cccn2)cc1.I. The Morgan fingerprint density at radius 1 is 1.04 bits per heavy atom. The minimum absolute atomic E-state index is 0. The van der Waals surface area contributed by atoms with Crippen LogP contribution in [0.1, 0.15) is 17.5 Å². The molecule has 0 aliphatic heterocycles. The molecule has 2 N–H and O–H groups in total. The second-order valence-electron chi connectivity index (χ2n) is 6.42. The van der Waals surface area contributed by atoms with E-state index in [4.69, 9.17) is 0 Å². The van der Waals surface area contributed by atoms with Gasteiger partial charge >= 0.3 is 0 Å². The Kier molecular flexibility index (Phi) is 8.99. The van der Waals surface area contributed by atoms with Gasteiger partial charge < -0.3 is 10.6 Å². The van der Waals surface area contributed by atoms with Crippen molar-refractivity contribution in [3.8, 4) is 5.69 Å². The fourth-order valence-electron chi connectivity index (χ4n) is 2.88. The van der Waals surface area contributed by atoms with E-state index in [9.17, 15) is 0 Å². The minimum Gasteiger partial charge on any atom is -0.356 e. The summed E-state index contributed by atoms with van der Waals surface area (Å²) in [5.74, 6) is 0.842. The van der Waals surface area contributed by atoms with Crippen LogP contribution in [0.15, 0.2) is 60.1 Å². The van der Waals surface area contributed by atoms with Gasteiger partial charge in [0.15, 0.2) is 5.96 Å². The van der Waals surface area contributed by atoms with Crippen LogP contribution in [0.25, 0.3) is 5.69 Å². The van der Waals surface area contributed by atoms with Crippen molar-refractivity contribution in [3.63, 3.8) is 0 Å². The van der Waals surface area contributed by atoms with Crippen molar-refractivity contribution in [1.29, 1.82) is 0 Å². The van der Waals surface area contributed by atoms with Crippen molar-refractivity contribution in [1.82, 2.24) is 30.2 Å². The van der Waals surface area contributed by atoms with E-state index in [2.05, 4.69) is 56.3 Å². The summed E-state index contributed by atoms with van der Waals surface area (Å²) in [5.41, 5.74) is 3.62. The molecular weight excluding hydrogens is 465 g/mol. The zero-order valence-corrected chi connectivity index (χ0v) is 18.7. The highest BCUT2D eigenvalue weighted by Gasteiger charge is 2.01. The molecule has 0 bridgehead atoms. The predicted octanol–water partition coefficient (Wildman–Crippen LogP) is 2.56. The summed E-state index contributed by atoms with van der Waals surface area (Å²) in [7, 11) is 3.74. The van der Waals surface area contributed by atoms with Crippen molar-refractivity contribution in [2.45, 2.75) is 19.3 Å². The number of guanidine groups is 1. The molecule has 2 aromatic heterocycles. The standard InChI is InChI=1S/C20H27N7.HI/c1-21-20(22-11-3-5-18-15-25-26(2)16-18)23-13-10-17-6-8-19(9-7-17)27-14-4-12-24-27;/h4,6-9,12,14-16H,3,5,10-11,13H2,1-2H3,(H2,21,22,23);1H. The number of halogens is 1.